The van der Waals surface area contributed by atoms with Gasteiger partial charge in [0.05, 0.1) is 0 Å². The third kappa shape index (κ3) is 8.74. The first-order chi connectivity index (χ1) is 22.1. The molecule has 0 aromatic rings. The van der Waals surface area contributed by atoms with Gasteiger partial charge in [-0.25, -0.2) is 4.79 Å². The zero-order chi connectivity index (χ0) is 33.3. The summed E-state index contributed by atoms with van der Waals surface area (Å²) in [6.07, 6.45) is 24.6. The van der Waals surface area contributed by atoms with E-state index < -0.39 is 0 Å². The number of ether oxygens (including phenoxy) is 1. The van der Waals surface area contributed by atoms with Crippen LogP contribution in [-0.4, -0.2) is 43.3 Å². The molecular weight excluding hydrogens is 566 g/mol. The van der Waals surface area contributed by atoms with Crippen molar-refractivity contribution in [1.29, 1.82) is 0 Å². The summed E-state index contributed by atoms with van der Waals surface area (Å²) in [5.74, 6) is 5.96. The zero-order valence-corrected chi connectivity index (χ0v) is 31.2. The number of unbranched alkanes of at least 4 members (excludes halogenated alkanes) is 5. The molecule has 5 heteroatoms. The Morgan fingerprint density at radius 3 is 2.28 bits per heavy atom. The third-order valence-electron chi connectivity index (χ3n) is 14.3. The van der Waals surface area contributed by atoms with Crippen LogP contribution in [0.15, 0.2) is 11.6 Å². The Morgan fingerprint density at radius 1 is 0.891 bits per heavy atom. The lowest BCUT2D eigenvalue weighted by atomic mass is 9.47. The van der Waals surface area contributed by atoms with Crippen molar-refractivity contribution in [2.75, 3.05) is 26.2 Å². The second-order valence-corrected chi connectivity index (χ2v) is 17.2. The van der Waals surface area contributed by atoms with Gasteiger partial charge >= 0.3 is 6.09 Å². The molecule has 0 radical (unpaired) electrons. The molecule has 5 nitrogen and oxygen atoms in total. The van der Waals surface area contributed by atoms with Crippen LogP contribution in [0.4, 0.5) is 4.79 Å². The fourth-order valence-corrected chi connectivity index (χ4v) is 11.3. The van der Waals surface area contributed by atoms with E-state index in [1.54, 1.807) is 5.57 Å². The van der Waals surface area contributed by atoms with Crippen LogP contribution in [-0.2, 0) is 4.74 Å². The first-order valence-electron chi connectivity index (χ1n) is 20.1. The monoisotopic (exact) mass is 642 g/mol. The largest absolute Gasteiger partial charge is 0.446 e. The second kappa shape index (κ2) is 17.5. The molecular formula is C41H75N3O2. The number of carbonyl (C=O) groups is 1. The van der Waals surface area contributed by atoms with E-state index in [1.165, 1.54) is 77.0 Å². The minimum atomic E-state index is -0.113. The Bertz CT molecular complexity index is 965. The molecule has 1 amide bonds. The molecule has 266 valence electrons. The Balaban J connectivity index is 1.33. The Labute approximate surface area is 284 Å². The molecule has 3 saturated carbocycles. The van der Waals surface area contributed by atoms with Crippen molar-refractivity contribution in [3.8, 4) is 0 Å². The summed E-state index contributed by atoms with van der Waals surface area (Å²) in [6.45, 7) is 18.0. The molecule has 0 aliphatic heterocycles. The van der Waals surface area contributed by atoms with Crippen LogP contribution in [0.3, 0.4) is 0 Å². The Kier molecular flexibility index (Phi) is 14.4. The molecule has 4 aliphatic carbocycles. The van der Waals surface area contributed by atoms with Crippen molar-refractivity contribution in [3.05, 3.63) is 11.6 Å². The molecule has 46 heavy (non-hydrogen) atoms. The molecule has 0 bridgehead atoms. The number of nitrogens with zero attached hydrogens (tertiary/aromatic N) is 1. The summed E-state index contributed by atoms with van der Waals surface area (Å²) in [4.78, 5) is 15.3. The molecule has 0 saturated heterocycles. The molecule has 0 aromatic carbocycles. The Morgan fingerprint density at radius 2 is 1.59 bits per heavy atom. The van der Waals surface area contributed by atoms with E-state index in [1.807, 2.05) is 4.90 Å². The van der Waals surface area contributed by atoms with Crippen LogP contribution >= 0.6 is 0 Å². The first-order valence-corrected chi connectivity index (χ1v) is 20.1. The fraction of sp³-hybridized carbons (Fsp3) is 0.927. The minimum absolute atomic E-state index is 0.0170. The second-order valence-electron chi connectivity index (χ2n) is 17.2. The molecule has 3 fully saturated rings. The van der Waals surface area contributed by atoms with Crippen LogP contribution in [0.5, 0.6) is 0 Å². The summed E-state index contributed by atoms with van der Waals surface area (Å²) in [7, 11) is 0. The van der Waals surface area contributed by atoms with Crippen molar-refractivity contribution in [3.63, 3.8) is 0 Å². The van der Waals surface area contributed by atoms with Crippen LogP contribution in [0.25, 0.3) is 0 Å². The maximum atomic E-state index is 13.4. The number of allylic oxidation sites excluding steroid dienone is 1. The van der Waals surface area contributed by atoms with Crippen LogP contribution < -0.4 is 11.5 Å². The summed E-state index contributed by atoms with van der Waals surface area (Å²) in [6, 6.07) is 0. The van der Waals surface area contributed by atoms with Crippen molar-refractivity contribution >= 4 is 6.09 Å². The van der Waals surface area contributed by atoms with E-state index in [-0.39, 0.29) is 17.6 Å². The van der Waals surface area contributed by atoms with Crippen molar-refractivity contribution in [2.45, 2.75) is 163 Å². The van der Waals surface area contributed by atoms with Gasteiger partial charge in [-0.15, -0.1) is 0 Å². The lowest BCUT2D eigenvalue weighted by Gasteiger charge is -2.58. The van der Waals surface area contributed by atoms with Gasteiger partial charge in [0.15, 0.2) is 0 Å². The fourth-order valence-electron chi connectivity index (χ4n) is 11.3. The average molecular weight is 642 g/mol. The number of nitrogens with two attached hydrogens (primary N) is 2. The molecule has 4 rings (SSSR count). The number of carbonyl (C=O) groups excluding carboxylic acids is 1. The third-order valence-corrected chi connectivity index (χ3v) is 14.3. The molecule has 0 unspecified atom stereocenters. The van der Waals surface area contributed by atoms with E-state index in [0.29, 0.717) is 18.5 Å². The molecule has 0 heterocycles. The van der Waals surface area contributed by atoms with Crippen molar-refractivity contribution < 1.29 is 9.53 Å². The smallest absolute Gasteiger partial charge is 0.410 e. The van der Waals surface area contributed by atoms with E-state index in [2.05, 4.69) is 47.6 Å². The van der Waals surface area contributed by atoms with Gasteiger partial charge in [-0.05, 0) is 136 Å². The van der Waals surface area contributed by atoms with E-state index in [9.17, 15) is 4.79 Å². The maximum absolute atomic E-state index is 13.4. The zero-order valence-electron chi connectivity index (χ0n) is 31.2. The number of amides is 1. The van der Waals surface area contributed by atoms with E-state index >= 15 is 0 Å². The highest BCUT2D eigenvalue weighted by atomic mass is 16.6. The summed E-state index contributed by atoms with van der Waals surface area (Å²) in [5.41, 5.74) is 13.9. The predicted octanol–water partition coefficient (Wildman–Crippen LogP) is 10.1. The van der Waals surface area contributed by atoms with Crippen molar-refractivity contribution in [2.24, 2.45) is 63.7 Å². The van der Waals surface area contributed by atoms with Crippen LogP contribution in [0.1, 0.15) is 157 Å². The number of rotatable bonds is 18. The number of fused-ring (bicyclic) bond motifs is 5. The SMILES string of the molecule is CC[C@H](CC[C@@H](C)[C@H]1CC[C@H]2[C@@H]3CC=C4C[C@@H](OC(=O)N(CCCN)CCCCCCCCN)CC[C@]4(C)[C@H]3CC[C@]12C)C(C)C. The highest BCUT2D eigenvalue weighted by Crippen LogP contribution is 2.67. The summed E-state index contributed by atoms with van der Waals surface area (Å²) < 4.78 is 6.27. The quantitative estimate of drug-likeness (QED) is 0.115. The highest BCUT2D eigenvalue weighted by molar-refractivity contribution is 5.67. The van der Waals surface area contributed by atoms with Crippen molar-refractivity contribution in [1.82, 2.24) is 4.90 Å². The van der Waals surface area contributed by atoms with Gasteiger partial charge in [0.25, 0.3) is 0 Å². The average Bonchev–Trinajstić information content (AvgIpc) is 3.39. The standard InChI is InChI=1S/C41H75N3O2/c1-7-32(30(2)3)16-15-31(4)36-19-20-37-35-18-17-33-29-34(21-23-40(33,5)38(35)22-24-41(36,37)6)46-39(45)44(28-14-26-43)27-13-11-9-8-10-12-25-42/h17,30-32,34-38H,7-16,18-29,42-43H2,1-6H3/t31-,32-,34+,35+,36-,37+,38+,40+,41-/m1/s1. The van der Waals surface area contributed by atoms with Gasteiger partial charge in [0.1, 0.15) is 6.10 Å². The van der Waals surface area contributed by atoms with E-state index in [4.69, 9.17) is 16.2 Å². The van der Waals surface area contributed by atoms with E-state index in [0.717, 1.165) is 93.0 Å². The number of hydrogen-bond donors (Lipinski definition) is 2. The van der Waals surface area contributed by atoms with Gasteiger partial charge in [-0.2, -0.15) is 0 Å². The lowest BCUT2D eigenvalue weighted by molar-refractivity contribution is -0.0595. The van der Waals surface area contributed by atoms with Gasteiger partial charge in [-0.1, -0.05) is 91.7 Å². The van der Waals surface area contributed by atoms with Crippen LogP contribution in [0, 0.1) is 52.3 Å². The minimum Gasteiger partial charge on any atom is -0.446 e. The molecule has 0 spiro atoms. The molecule has 4 N–H and O–H groups in total. The van der Waals surface area contributed by atoms with Gasteiger partial charge in [0.2, 0.25) is 0 Å². The Hall–Kier alpha value is -1.07. The summed E-state index contributed by atoms with van der Waals surface area (Å²) >= 11 is 0. The molecule has 0 aromatic heterocycles. The van der Waals surface area contributed by atoms with Gasteiger partial charge < -0.3 is 21.1 Å². The topological polar surface area (TPSA) is 81.6 Å². The van der Waals surface area contributed by atoms with Gasteiger partial charge in [-0.3, -0.25) is 0 Å². The maximum Gasteiger partial charge on any atom is 0.410 e. The van der Waals surface area contributed by atoms with Gasteiger partial charge in [0, 0.05) is 19.5 Å². The number of hydrogen-bond acceptors (Lipinski definition) is 4. The highest BCUT2D eigenvalue weighted by Gasteiger charge is 2.59. The molecule has 9 atom stereocenters. The normalized spacial score (nSPS) is 33.5. The summed E-state index contributed by atoms with van der Waals surface area (Å²) in [5, 5.41) is 0. The van der Waals surface area contributed by atoms with Crippen LogP contribution in [0.2, 0.25) is 0 Å². The lowest BCUT2D eigenvalue weighted by Crippen LogP contribution is -2.51. The molecule has 4 aliphatic rings. The predicted molar refractivity (Wildman–Crippen MR) is 194 cm³/mol. The first kappa shape index (κ1) is 37.7.